The van der Waals surface area contributed by atoms with Crippen LogP contribution in [0.15, 0.2) is 47.0 Å². The first-order valence-electron chi connectivity index (χ1n) is 7.78. The van der Waals surface area contributed by atoms with Gasteiger partial charge in [0.2, 0.25) is 5.82 Å². The molecule has 0 aliphatic heterocycles. The second-order valence-electron chi connectivity index (χ2n) is 5.66. The maximum atomic E-state index is 12.2. The van der Waals surface area contributed by atoms with E-state index in [0.29, 0.717) is 22.7 Å². The molecule has 1 aromatic heterocycles. The molecule has 3 aromatic rings. The van der Waals surface area contributed by atoms with E-state index in [0.717, 1.165) is 11.1 Å². The molecule has 0 atom stereocenters. The van der Waals surface area contributed by atoms with Crippen molar-refractivity contribution in [1.82, 2.24) is 10.1 Å². The van der Waals surface area contributed by atoms with Gasteiger partial charge in [0.25, 0.3) is 5.89 Å². The van der Waals surface area contributed by atoms with Crippen molar-refractivity contribution >= 4 is 5.97 Å². The van der Waals surface area contributed by atoms with E-state index < -0.39 is 5.97 Å². The molecule has 0 spiro atoms. The number of rotatable bonds is 5. The van der Waals surface area contributed by atoms with E-state index in [2.05, 4.69) is 10.1 Å². The van der Waals surface area contributed by atoms with Crippen molar-refractivity contribution in [2.24, 2.45) is 0 Å². The van der Waals surface area contributed by atoms with E-state index in [1.807, 2.05) is 44.2 Å². The van der Waals surface area contributed by atoms with Crippen LogP contribution < -0.4 is 4.74 Å². The number of aromatic nitrogens is 2. The molecule has 0 aliphatic rings. The zero-order valence-corrected chi connectivity index (χ0v) is 14.3. The summed E-state index contributed by atoms with van der Waals surface area (Å²) in [5.41, 5.74) is 3.22. The highest BCUT2D eigenvalue weighted by Crippen LogP contribution is 2.27. The third-order valence-corrected chi connectivity index (χ3v) is 3.60. The van der Waals surface area contributed by atoms with Crippen LogP contribution in [0.25, 0.3) is 11.4 Å². The first-order chi connectivity index (χ1) is 12.1. The SMILES string of the molecule is COc1ccccc1-c1noc(COC(=O)c2cc(C)cc(C)c2)n1. The number of nitrogens with zero attached hydrogens (tertiary/aromatic N) is 2. The summed E-state index contributed by atoms with van der Waals surface area (Å²) >= 11 is 0. The van der Waals surface area contributed by atoms with Crippen molar-refractivity contribution in [3.8, 4) is 17.1 Å². The predicted molar refractivity (Wildman–Crippen MR) is 91.3 cm³/mol. The maximum Gasteiger partial charge on any atom is 0.338 e. The highest BCUT2D eigenvalue weighted by Gasteiger charge is 2.15. The Morgan fingerprint density at radius 1 is 1.12 bits per heavy atom. The molecule has 6 heteroatoms. The Balaban J connectivity index is 1.70. The lowest BCUT2D eigenvalue weighted by atomic mass is 10.1. The number of benzene rings is 2. The van der Waals surface area contributed by atoms with E-state index in [4.69, 9.17) is 14.0 Å². The fraction of sp³-hybridized carbons (Fsp3) is 0.211. The second kappa shape index (κ2) is 7.17. The molecule has 0 fully saturated rings. The van der Waals surface area contributed by atoms with Crippen molar-refractivity contribution in [1.29, 1.82) is 0 Å². The first kappa shape index (κ1) is 16.7. The number of para-hydroxylation sites is 1. The molecule has 0 unspecified atom stereocenters. The molecule has 0 radical (unpaired) electrons. The Kier molecular flexibility index (Phi) is 4.79. The van der Waals surface area contributed by atoms with Crippen LogP contribution in [0.2, 0.25) is 0 Å². The molecule has 0 N–H and O–H groups in total. The predicted octanol–water partition coefficient (Wildman–Crippen LogP) is 3.72. The summed E-state index contributed by atoms with van der Waals surface area (Å²) in [4.78, 5) is 16.4. The normalized spacial score (nSPS) is 10.5. The maximum absolute atomic E-state index is 12.2. The monoisotopic (exact) mass is 338 g/mol. The van der Waals surface area contributed by atoms with Gasteiger partial charge >= 0.3 is 5.97 Å². The van der Waals surface area contributed by atoms with E-state index in [9.17, 15) is 4.79 Å². The molecule has 0 saturated carbocycles. The van der Waals surface area contributed by atoms with Gasteiger partial charge in [-0.3, -0.25) is 0 Å². The molecule has 25 heavy (non-hydrogen) atoms. The summed E-state index contributed by atoms with van der Waals surface area (Å²) < 4.78 is 15.7. The molecule has 0 amide bonds. The van der Waals surface area contributed by atoms with E-state index in [1.165, 1.54) is 0 Å². The summed E-state index contributed by atoms with van der Waals surface area (Å²) in [5.74, 6) is 0.819. The number of methoxy groups -OCH3 is 1. The van der Waals surface area contributed by atoms with Gasteiger partial charge in [0.05, 0.1) is 18.2 Å². The second-order valence-corrected chi connectivity index (χ2v) is 5.66. The summed E-state index contributed by atoms with van der Waals surface area (Å²) in [5, 5.41) is 3.92. The zero-order valence-electron chi connectivity index (χ0n) is 14.3. The van der Waals surface area contributed by atoms with Crippen LogP contribution in [0.5, 0.6) is 5.75 Å². The number of esters is 1. The van der Waals surface area contributed by atoms with Crippen LogP contribution >= 0.6 is 0 Å². The summed E-state index contributed by atoms with van der Waals surface area (Å²) in [7, 11) is 1.57. The number of ether oxygens (including phenoxy) is 2. The van der Waals surface area contributed by atoms with Crippen LogP contribution in [0.4, 0.5) is 0 Å². The molecule has 128 valence electrons. The van der Waals surface area contributed by atoms with Gasteiger partial charge in [0, 0.05) is 0 Å². The van der Waals surface area contributed by atoms with E-state index in [1.54, 1.807) is 19.2 Å². The Morgan fingerprint density at radius 3 is 2.56 bits per heavy atom. The lowest BCUT2D eigenvalue weighted by Crippen LogP contribution is -2.06. The van der Waals surface area contributed by atoms with Crippen LogP contribution in [0, 0.1) is 13.8 Å². The lowest BCUT2D eigenvalue weighted by Gasteiger charge is -2.04. The number of carbonyl (C=O) groups excluding carboxylic acids is 1. The third kappa shape index (κ3) is 3.85. The Bertz CT molecular complexity index is 882. The minimum absolute atomic E-state index is 0.0893. The van der Waals surface area contributed by atoms with E-state index >= 15 is 0 Å². The molecular weight excluding hydrogens is 320 g/mol. The average molecular weight is 338 g/mol. The van der Waals surface area contributed by atoms with Crippen molar-refractivity contribution in [3.63, 3.8) is 0 Å². The summed E-state index contributed by atoms with van der Waals surface area (Å²) in [6.45, 7) is 3.77. The molecule has 1 heterocycles. The third-order valence-electron chi connectivity index (χ3n) is 3.60. The fourth-order valence-corrected chi connectivity index (χ4v) is 2.56. The number of hydrogen-bond donors (Lipinski definition) is 0. The molecular formula is C19H18N2O4. The standard InChI is InChI=1S/C19H18N2O4/c1-12-8-13(2)10-14(9-12)19(22)24-11-17-20-18(21-25-17)15-6-4-5-7-16(15)23-3/h4-10H,11H2,1-3H3. The highest BCUT2D eigenvalue weighted by molar-refractivity contribution is 5.89. The lowest BCUT2D eigenvalue weighted by molar-refractivity contribution is 0.0429. The van der Waals surface area contributed by atoms with Gasteiger partial charge in [-0.05, 0) is 38.1 Å². The molecule has 0 saturated heterocycles. The van der Waals surface area contributed by atoms with Gasteiger partial charge in [-0.15, -0.1) is 0 Å². The van der Waals surface area contributed by atoms with Crippen LogP contribution in [-0.4, -0.2) is 23.2 Å². The molecule has 0 bridgehead atoms. The zero-order chi connectivity index (χ0) is 17.8. The van der Waals surface area contributed by atoms with Gasteiger partial charge < -0.3 is 14.0 Å². The fourth-order valence-electron chi connectivity index (χ4n) is 2.56. The van der Waals surface area contributed by atoms with Gasteiger partial charge in [0.15, 0.2) is 6.61 Å². The van der Waals surface area contributed by atoms with Crippen molar-refractivity contribution in [2.75, 3.05) is 7.11 Å². The first-order valence-corrected chi connectivity index (χ1v) is 7.78. The van der Waals surface area contributed by atoms with Crippen molar-refractivity contribution in [2.45, 2.75) is 20.5 Å². The quantitative estimate of drug-likeness (QED) is 0.660. The highest BCUT2D eigenvalue weighted by atomic mass is 16.6. The van der Waals surface area contributed by atoms with E-state index in [-0.39, 0.29) is 12.5 Å². The molecule has 3 rings (SSSR count). The van der Waals surface area contributed by atoms with Crippen molar-refractivity contribution < 1.29 is 18.8 Å². The smallest absolute Gasteiger partial charge is 0.338 e. The van der Waals surface area contributed by atoms with Crippen molar-refractivity contribution in [3.05, 3.63) is 65.0 Å². The van der Waals surface area contributed by atoms with Crippen LogP contribution in [0.3, 0.4) is 0 Å². The Labute approximate surface area is 145 Å². The molecule has 0 aliphatic carbocycles. The molecule has 6 nitrogen and oxygen atoms in total. The average Bonchev–Trinajstić information content (AvgIpc) is 3.07. The number of carbonyl (C=O) groups is 1. The Hall–Kier alpha value is -3.15. The van der Waals surface area contributed by atoms with Gasteiger partial charge in [0.1, 0.15) is 5.75 Å². The summed E-state index contributed by atoms with van der Waals surface area (Å²) in [6.07, 6.45) is 0. The van der Waals surface area contributed by atoms with Gasteiger partial charge in [-0.25, -0.2) is 4.79 Å². The summed E-state index contributed by atoms with van der Waals surface area (Å²) in [6, 6.07) is 12.9. The number of aryl methyl sites for hydroxylation is 2. The topological polar surface area (TPSA) is 74.5 Å². The van der Waals surface area contributed by atoms with Gasteiger partial charge in [-0.1, -0.05) is 34.5 Å². The minimum atomic E-state index is -0.427. The number of hydrogen-bond acceptors (Lipinski definition) is 6. The largest absolute Gasteiger partial charge is 0.496 e. The van der Waals surface area contributed by atoms with Gasteiger partial charge in [-0.2, -0.15) is 4.98 Å². The van der Waals surface area contributed by atoms with Crippen LogP contribution in [-0.2, 0) is 11.3 Å². The Morgan fingerprint density at radius 2 is 1.84 bits per heavy atom. The minimum Gasteiger partial charge on any atom is -0.496 e. The van der Waals surface area contributed by atoms with Crippen LogP contribution in [0.1, 0.15) is 27.4 Å². The molecule has 2 aromatic carbocycles.